The quantitative estimate of drug-likeness (QED) is 0.505. The van der Waals surface area contributed by atoms with Crippen LogP contribution in [0.15, 0.2) is 106 Å². The Morgan fingerprint density at radius 1 is 1.07 bits per heavy atom. The van der Waals surface area contributed by atoms with Gasteiger partial charge in [0.15, 0.2) is 0 Å². The van der Waals surface area contributed by atoms with Crippen LogP contribution in [0.5, 0.6) is 0 Å². The lowest BCUT2D eigenvalue weighted by Gasteiger charge is -2.30. The Kier molecular flexibility index (Phi) is 5.69. The van der Waals surface area contributed by atoms with E-state index in [0.29, 0.717) is 5.92 Å². The summed E-state index contributed by atoms with van der Waals surface area (Å²) in [5.41, 5.74) is 7.99. The van der Waals surface area contributed by atoms with Crippen LogP contribution in [-0.2, 0) is 6.42 Å². The van der Waals surface area contributed by atoms with Crippen molar-refractivity contribution in [3.05, 3.63) is 112 Å². The number of halogens is 1. The summed E-state index contributed by atoms with van der Waals surface area (Å²) in [6.45, 7) is 8.73. The van der Waals surface area contributed by atoms with E-state index in [1.165, 1.54) is 5.56 Å². The number of allylic oxidation sites excluding steroid dienone is 4. The van der Waals surface area contributed by atoms with Crippen LogP contribution in [0.25, 0.3) is 5.57 Å². The van der Waals surface area contributed by atoms with E-state index in [9.17, 15) is 0 Å². The van der Waals surface area contributed by atoms with Gasteiger partial charge in [0.25, 0.3) is 0 Å². The molecule has 29 heavy (non-hydrogen) atoms. The Labute approximate surface area is 178 Å². The van der Waals surface area contributed by atoms with Crippen molar-refractivity contribution in [2.45, 2.75) is 32.7 Å². The van der Waals surface area contributed by atoms with Gasteiger partial charge < -0.3 is 0 Å². The van der Waals surface area contributed by atoms with E-state index in [0.717, 1.165) is 51.4 Å². The standard InChI is InChI=1S/C27H26ClN/c1-18(2)27-24(16-20-10-6-4-7-11-20)26(28)23-17-22(14-15-25(23)29-27)19(3)21-12-8-5-9-13-21/h4-14,17-18,25H,3,15-16H2,1-2H3. The zero-order chi connectivity index (χ0) is 20.4. The van der Waals surface area contributed by atoms with E-state index in [1.807, 2.05) is 24.3 Å². The monoisotopic (exact) mass is 399 g/mol. The maximum absolute atomic E-state index is 7.03. The molecule has 4 rings (SSSR count). The first kappa shape index (κ1) is 19.7. The maximum atomic E-state index is 7.03. The van der Waals surface area contributed by atoms with E-state index in [2.05, 4.69) is 69.0 Å². The van der Waals surface area contributed by atoms with Gasteiger partial charge in [0.05, 0.1) is 11.1 Å². The van der Waals surface area contributed by atoms with Crippen LogP contribution in [0.1, 0.15) is 31.4 Å². The molecule has 1 unspecified atom stereocenters. The highest BCUT2D eigenvalue weighted by Crippen LogP contribution is 2.39. The third kappa shape index (κ3) is 4.06. The van der Waals surface area contributed by atoms with Gasteiger partial charge in [-0.05, 0) is 51.8 Å². The topological polar surface area (TPSA) is 12.4 Å². The molecule has 2 aromatic rings. The summed E-state index contributed by atoms with van der Waals surface area (Å²) in [4.78, 5) is 5.13. The minimum Gasteiger partial charge on any atom is -0.281 e. The third-order valence-electron chi connectivity index (χ3n) is 5.59. The molecule has 0 fully saturated rings. The Hall–Kier alpha value is -2.64. The molecule has 0 amide bonds. The summed E-state index contributed by atoms with van der Waals surface area (Å²) in [5.74, 6) is 0.341. The van der Waals surface area contributed by atoms with Gasteiger partial charge in [0, 0.05) is 12.1 Å². The smallest absolute Gasteiger partial charge is 0.0801 e. The minimum absolute atomic E-state index is 0.103. The van der Waals surface area contributed by atoms with Gasteiger partial charge in [-0.15, -0.1) is 0 Å². The number of hydrogen-bond donors (Lipinski definition) is 0. The van der Waals surface area contributed by atoms with E-state index < -0.39 is 0 Å². The summed E-state index contributed by atoms with van der Waals surface area (Å²) >= 11 is 7.03. The lowest BCUT2D eigenvalue weighted by Crippen LogP contribution is -2.26. The maximum Gasteiger partial charge on any atom is 0.0801 e. The van der Waals surface area contributed by atoms with E-state index in [1.54, 1.807) is 0 Å². The Morgan fingerprint density at radius 2 is 1.72 bits per heavy atom. The Bertz CT molecular complexity index is 1040. The van der Waals surface area contributed by atoms with Crippen LogP contribution >= 0.6 is 11.6 Å². The zero-order valence-electron chi connectivity index (χ0n) is 17.0. The first-order valence-corrected chi connectivity index (χ1v) is 10.6. The number of hydrogen-bond acceptors (Lipinski definition) is 1. The van der Waals surface area contributed by atoms with Gasteiger partial charge >= 0.3 is 0 Å². The van der Waals surface area contributed by atoms with Crippen LogP contribution in [0.2, 0.25) is 0 Å². The number of fused-ring (bicyclic) bond motifs is 1. The number of rotatable bonds is 5. The van der Waals surface area contributed by atoms with Crippen LogP contribution in [0, 0.1) is 5.92 Å². The average molecular weight is 400 g/mol. The molecule has 1 atom stereocenters. The molecule has 0 saturated heterocycles. The molecule has 0 N–H and O–H groups in total. The SMILES string of the molecule is C=C(C1=CCC2N=C(C(C)C)C(Cc3ccccc3)=C(Cl)C2=C1)c1ccccc1. The molecule has 0 spiro atoms. The fourth-order valence-corrected chi connectivity index (χ4v) is 4.38. The largest absolute Gasteiger partial charge is 0.281 e. The lowest BCUT2D eigenvalue weighted by atomic mass is 9.83. The second-order valence-electron chi connectivity index (χ2n) is 7.98. The summed E-state index contributed by atoms with van der Waals surface area (Å²) in [7, 11) is 0. The predicted molar refractivity (Wildman–Crippen MR) is 125 cm³/mol. The molecular formula is C27H26ClN. The third-order valence-corrected chi connectivity index (χ3v) is 6.04. The van der Waals surface area contributed by atoms with Gasteiger partial charge in [-0.1, -0.05) is 98.8 Å². The Morgan fingerprint density at radius 3 is 2.38 bits per heavy atom. The number of aliphatic imine (C=N–C) groups is 1. The van der Waals surface area contributed by atoms with Crippen molar-refractivity contribution in [3.8, 4) is 0 Å². The molecule has 1 nitrogen and oxygen atoms in total. The van der Waals surface area contributed by atoms with Gasteiger partial charge in [0.2, 0.25) is 0 Å². The molecule has 2 aliphatic rings. The zero-order valence-corrected chi connectivity index (χ0v) is 17.8. The molecule has 0 saturated carbocycles. The van der Waals surface area contributed by atoms with Crippen molar-refractivity contribution in [3.63, 3.8) is 0 Å². The molecule has 0 radical (unpaired) electrons. The molecule has 1 heterocycles. The fraction of sp³-hybridized carbons (Fsp3) is 0.222. The molecule has 146 valence electrons. The highest BCUT2D eigenvalue weighted by Gasteiger charge is 2.30. The molecule has 0 aromatic heterocycles. The number of dihydropyridines is 1. The normalized spacial score (nSPS) is 18.8. The predicted octanol–water partition coefficient (Wildman–Crippen LogP) is 7.17. The van der Waals surface area contributed by atoms with Crippen molar-refractivity contribution < 1.29 is 0 Å². The number of nitrogens with zero attached hydrogens (tertiary/aromatic N) is 1. The van der Waals surface area contributed by atoms with E-state index in [4.69, 9.17) is 16.6 Å². The number of benzene rings is 2. The fourth-order valence-electron chi connectivity index (χ4n) is 4.03. The highest BCUT2D eigenvalue weighted by atomic mass is 35.5. The van der Waals surface area contributed by atoms with Crippen LogP contribution < -0.4 is 0 Å². The molecule has 0 bridgehead atoms. The summed E-state index contributed by atoms with van der Waals surface area (Å²) in [6, 6.07) is 20.9. The van der Waals surface area contributed by atoms with Gasteiger partial charge in [0.1, 0.15) is 0 Å². The van der Waals surface area contributed by atoms with Crippen molar-refractivity contribution in [1.82, 2.24) is 0 Å². The summed E-state index contributed by atoms with van der Waals surface area (Å²) in [6.07, 6.45) is 6.10. The Balaban J connectivity index is 1.71. The molecule has 2 heteroatoms. The van der Waals surface area contributed by atoms with Crippen molar-refractivity contribution in [2.24, 2.45) is 10.9 Å². The van der Waals surface area contributed by atoms with Gasteiger partial charge in [-0.2, -0.15) is 0 Å². The first-order valence-electron chi connectivity index (χ1n) is 10.2. The highest BCUT2D eigenvalue weighted by molar-refractivity contribution is 6.35. The van der Waals surface area contributed by atoms with Gasteiger partial charge in [-0.3, -0.25) is 4.99 Å². The van der Waals surface area contributed by atoms with E-state index >= 15 is 0 Å². The second-order valence-corrected chi connectivity index (χ2v) is 8.36. The van der Waals surface area contributed by atoms with Crippen molar-refractivity contribution >= 4 is 22.9 Å². The van der Waals surface area contributed by atoms with E-state index in [-0.39, 0.29) is 6.04 Å². The summed E-state index contributed by atoms with van der Waals surface area (Å²) < 4.78 is 0. The second kappa shape index (κ2) is 8.39. The molecule has 1 aliphatic carbocycles. The summed E-state index contributed by atoms with van der Waals surface area (Å²) in [5, 5.41) is 0.865. The van der Waals surface area contributed by atoms with Crippen LogP contribution in [0.4, 0.5) is 0 Å². The first-order chi connectivity index (χ1) is 14.0. The average Bonchev–Trinajstić information content (AvgIpc) is 2.76. The van der Waals surface area contributed by atoms with Crippen molar-refractivity contribution in [1.29, 1.82) is 0 Å². The van der Waals surface area contributed by atoms with Crippen LogP contribution in [0.3, 0.4) is 0 Å². The van der Waals surface area contributed by atoms with Crippen LogP contribution in [-0.4, -0.2) is 11.8 Å². The molecule has 1 aliphatic heterocycles. The van der Waals surface area contributed by atoms with Crippen molar-refractivity contribution in [2.75, 3.05) is 0 Å². The lowest BCUT2D eigenvalue weighted by molar-refractivity contribution is 0.748. The minimum atomic E-state index is 0.103. The molecular weight excluding hydrogens is 374 g/mol. The van der Waals surface area contributed by atoms with Gasteiger partial charge in [-0.25, -0.2) is 0 Å². The molecule has 2 aromatic carbocycles.